The maximum atomic E-state index is 11.9. The van der Waals surface area contributed by atoms with Crippen molar-refractivity contribution in [2.75, 3.05) is 6.61 Å². The first-order valence-electron chi connectivity index (χ1n) is 7.32. The SMILES string of the molecule is [C-]#[N+]c1c(-c2oc3ccc(C)cc3c2C)c[nH]c1C(=O)OCC. The van der Waals surface area contributed by atoms with E-state index in [2.05, 4.69) is 9.83 Å². The third kappa shape index (κ3) is 2.38. The molecular formula is C18H16N2O3. The molecule has 0 spiro atoms. The molecule has 5 heteroatoms. The highest BCUT2D eigenvalue weighted by molar-refractivity contribution is 6.00. The van der Waals surface area contributed by atoms with Gasteiger partial charge in [-0.3, -0.25) is 0 Å². The third-order valence-corrected chi connectivity index (χ3v) is 3.78. The van der Waals surface area contributed by atoms with Crippen molar-refractivity contribution < 1.29 is 13.9 Å². The van der Waals surface area contributed by atoms with Crippen LogP contribution in [0.25, 0.3) is 27.1 Å². The number of hydrogen-bond donors (Lipinski definition) is 1. The second kappa shape index (κ2) is 5.65. The summed E-state index contributed by atoms with van der Waals surface area (Å²) < 4.78 is 10.9. The van der Waals surface area contributed by atoms with E-state index in [0.29, 0.717) is 11.3 Å². The molecule has 0 unspecified atom stereocenters. The Morgan fingerprint density at radius 1 is 1.39 bits per heavy atom. The van der Waals surface area contributed by atoms with Crippen LogP contribution in [0.2, 0.25) is 0 Å². The fourth-order valence-corrected chi connectivity index (χ4v) is 2.66. The van der Waals surface area contributed by atoms with Crippen molar-refractivity contribution >= 4 is 22.6 Å². The summed E-state index contributed by atoms with van der Waals surface area (Å²) >= 11 is 0. The number of benzene rings is 1. The lowest BCUT2D eigenvalue weighted by Gasteiger charge is -2.00. The second-order valence-corrected chi connectivity index (χ2v) is 5.31. The Morgan fingerprint density at radius 3 is 2.87 bits per heavy atom. The number of carbonyl (C=O) groups is 1. The number of hydrogen-bond acceptors (Lipinski definition) is 3. The smallest absolute Gasteiger partial charge is 0.343 e. The molecule has 0 saturated heterocycles. The van der Waals surface area contributed by atoms with Crippen LogP contribution in [0.1, 0.15) is 28.5 Å². The van der Waals surface area contributed by atoms with Crippen molar-refractivity contribution in [2.45, 2.75) is 20.8 Å². The van der Waals surface area contributed by atoms with Gasteiger partial charge in [0, 0.05) is 22.7 Å². The molecule has 0 saturated carbocycles. The Kier molecular flexibility index (Phi) is 3.67. The zero-order valence-electron chi connectivity index (χ0n) is 13.2. The summed E-state index contributed by atoms with van der Waals surface area (Å²) in [7, 11) is 0. The van der Waals surface area contributed by atoms with E-state index in [1.807, 2.05) is 32.0 Å². The van der Waals surface area contributed by atoms with Gasteiger partial charge in [-0.15, -0.1) is 0 Å². The molecule has 1 aromatic carbocycles. The molecular weight excluding hydrogens is 292 g/mol. The minimum absolute atomic E-state index is 0.160. The van der Waals surface area contributed by atoms with E-state index in [1.165, 1.54) is 0 Å². The highest BCUT2D eigenvalue weighted by atomic mass is 16.5. The number of rotatable bonds is 3. The van der Waals surface area contributed by atoms with Crippen LogP contribution in [-0.4, -0.2) is 17.6 Å². The molecule has 0 bridgehead atoms. The van der Waals surface area contributed by atoms with Crippen molar-refractivity contribution in [1.29, 1.82) is 0 Å². The Bertz CT molecular complexity index is 941. The lowest BCUT2D eigenvalue weighted by Crippen LogP contribution is -2.04. The van der Waals surface area contributed by atoms with Gasteiger partial charge in [0.15, 0.2) is 0 Å². The monoisotopic (exact) mass is 308 g/mol. The van der Waals surface area contributed by atoms with Crippen molar-refractivity contribution in [3.8, 4) is 11.3 Å². The first kappa shape index (κ1) is 14.9. The Morgan fingerprint density at radius 2 is 2.17 bits per heavy atom. The molecule has 0 radical (unpaired) electrons. The molecule has 2 heterocycles. The largest absolute Gasteiger partial charge is 0.462 e. The molecule has 116 valence electrons. The summed E-state index contributed by atoms with van der Waals surface area (Å²) in [6, 6.07) is 5.94. The van der Waals surface area contributed by atoms with E-state index >= 15 is 0 Å². The summed E-state index contributed by atoms with van der Waals surface area (Å²) in [5, 5.41) is 1.01. The number of H-pyrrole nitrogens is 1. The van der Waals surface area contributed by atoms with E-state index in [4.69, 9.17) is 15.7 Å². The number of aryl methyl sites for hydroxylation is 2. The average molecular weight is 308 g/mol. The molecule has 0 aliphatic carbocycles. The zero-order chi connectivity index (χ0) is 16.6. The van der Waals surface area contributed by atoms with Gasteiger partial charge < -0.3 is 14.1 Å². The van der Waals surface area contributed by atoms with Crippen LogP contribution >= 0.6 is 0 Å². The number of esters is 1. The molecule has 0 fully saturated rings. The van der Waals surface area contributed by atoms with E-state index in [9.17, 15) is 4.79 Å². The molecule has 5 nitrogen and oxygen atoms in total. The molecule has 0 aliphatic rings. The quantitative estimate of drug-likeness (QED) is 0.560. The van der Waals surface area contributed by atoms with Crippen molar-refractivity contribution in [2.24, 2.45) is 0 Å². The molecule has 0 amide bonds. The number of furan rings is 1. The normalized spacial score (nSPS) is 10.7. The summed E-state index contributed by atoms with van der Waals surface area (Å²) in [4.78, 5) is 18.3. The summed E-state index contributed by atoms with van der Waals surface area (Å²) in [6.07, 6.45) is 1.62. The predicted molar refractivity (Wildman–Crippen MR) is 87.7 cm³/mol. The van der Waals surface area contributed by atoms with Gasteiger partial charge in [0.2, 0.25) is 5.69 Å². The number of aromatic nitrogens is 1. The lowest BCUT2D eigenvalue weighted by molar-refractivity contribution is 0.0521. The highest BCUT2D eigenvalue weighted by Crippen LogP contribution is 2.40. The van der Waals surface area contributed by atoms with Gasteiger partial charge in [-0.2, -0.15) is 0 Å². The van der Waals surface area contributed by atoms with Crippen LogP contribution in [0.15, 0.2) is 28.8 Å². The maximum absolute atomic E-state index is 11.9. The number of fused-ring (bicyclic) bond motifs is 1. The minimum atomic E-state index is -0.533. The molecule has 0 aliphatic heterocycles. The minimum Gasteiger partial charge on any atom is -0.462 e. The molecule has 0 atom stereocenters. The van der Waals surface area contributed by atoms with E-state index in [1.54, 1.807) is 13.1 Å². The van der Waals surface area contributed by atoms with Gasteiger partial charge in [-0.05, 0) is 32.9 Å². The van der Waals surface area contributed by atoms with Crippen molar-refractivity contribution in [1.82, 2.24) is 4.98 Å². The standard InChI is InChI=1S/C18H16N2O3/c1-5-22-18(21)16-15(19-4)13(9-20-16)17-11(3)12-8-10(2)6-7-14(12)23-17/h6-9,20H,5H2,1-3H3. The van der Waals surface area contributed by atoms with Crippen LogP contribution < -0.4 is 0 Å². The third-order valence-electron chi connectivity index (χ3n) is 3.78. The van der Waals surface area contributed by atoms with Gasteiger partial charge in [-0.1, -0.05) is 11.6 Å². The summed E-state index contributed by atoms with van der Waals surface area (Å²) in [5.41, 5.74) is 3.81. The van der Waals surface area contributed by atoms with Crippen LogP contribution in [0, 0.1) is 20.4 Å². The van der Waals surface area contributed by atoms with Crippen LogP contribution in [0.4, 0.5) is 5.69 Å². The summed E-state index contributed by atoms with van der Waals surface area (Å²) in [6.45, 7) is 13.4. The zero-order valence-corrected chi connectivity index (χ0v) is 13.2. The van der Waals surface area contributed by atoms with Gasteiger partial charge >= 0.3 is 5.97 Å². The second-order valence-electron chi connectivity index (χ2n) is 5.31. The van der Waals surface area contributed by atoms with Gasteiger partial charge in [0.1, 0.15) is 17.0 Å². The molecule has 1 N–H and O–H groups in total. The Balaban J connectivity index is 2.18. The topological polar surface area (TPSA) is 59.6 Å². The van der Waals surface area contributed by atoms with E-state index in [-0.39, 0.29) is 18.0 Å². The highest BCUT2D eigenvalue weighted by Gasteiger charge is 2.23. The number of aromatic amines is 1. The van der Waals surface area contributed by atoms with Crippen LogP contribution in [0.5, 0.6) is 0 Å². The number of nitrogens with one attached hydrogen (secondary N) is 1. The van der Waals surface area contributed by atoms with Crippen LogP contribution in [-0.2, 0) is 4.74 Å². The molecule has 3 aromatic rings. The molecule has 2 aromatic heterocycles. The first-order valence-corrected chi connectivity index (χ1v) is 7.32. The number of nitrogens with zero attached hydrogens (tertiary/aromatic N) is 1. The van der Waals surface area contributed by atoms with Gasteiger partial charge in [-0.25, -0.2) is 9.64 Å². The fraction of sp³-hybridized carbons (Fsp3) is 0.222. The average Bonchev–Trinajstić information content (AvgIpc) is 3.09. The van der Waals surface area contributed by atoms with Crippen molar-refractivity contribution in [3.63, 3.8) is 0 Å². The summed E-state index contributed by atoms with van der Waals surface area (Å²) in [5.74, 6) is 0.0674. The van der Waals surface area contributed by atoms with Crippen molar-refractivity contribution in [3.05, 3.63) is 52.6 Å². The first-order chi connectivity index (χ1) is 11.1. The Hall–Kier alpha value is -3.00. The molecule has 23 heavy (non-hydrogen) atoms. The lowest BCUT2D eigenvalue weighted by atomic mass is 10.1. The predicted octanol–water partition coefficient (Wildman–Crippen LogP) is 4.77. The van der Waals surface area contributed by atoms with E-state index in [0.717, 1.165) is 22.1 Å². The van der Waals surface area contributed by atoms with E-state index < -0.39 is 5.97 Å². The number of carbonyl (C=O) groups excluding carboxylic acids is 1. The van der Waals surface area contributed by atoms with Crippen LogP contribution in [0.3, 0.4) is 0 Å². The van der Waals surface area contributed by atoms with Gasteiger partial charge in [0.05, 0.1) is 13.2 Å². The maximum Gasteiger partial charge on any atom is 0.343 e. The fourth-order valence-electron chi connectivity index (χ4n) is 2.66. The number of ether oxygens (including phenoxy) is 1. The molecule has 3 rings (SSSR count). The van der Waals surface area contributed by atoms with Gasteiger partial charge in [0.25, 0.3) is 0 Å². The Labute approximate surface area is 133 Å².